The fourth-order valence-electron chi connectivity index (χ4n) is 3.19. The van der Waals surface area contributed by atoms with Gasteiger partial charge in [-0.05, 0) is 37.0 Å². The summed E-state index contributed by atoms with van der Waals surface area (Å²) in [4.78, 5) is 7.16. The molecule has 1 atom stereocenters. The smallest absolute Gasteiger partial charge is 0.243 e. The first-order valence-corrected chi connectivity index (χ1v) is 11.5. The van der Waals surface area contributed by atoms with Crippen molar-refractivity contribution in [1.82, 2.24) is 14.2 Å². The molecule has 0 N–H and O–H groups in total. The second-order valence-corrected chi connectivity index (χ2v) is 9.92. The van der Waals surface area contributed by atoms with E-state index in [1.165, 1.54) is 5.56 Å². The Morgan fingerprint density at radius 1 is 1.15 bits per heavy atom. The van der Waals surface area contributed by atoms with Crippen LogP contribution in [-0.4, -0.2) is 48.8 Å². The fraction of sp³-hybridized carbons (Fsp3) is 0.526. The fourth-order valence-corrected chi connectivity index (χ4v) is 5.22. The zero-order valence-corrected chi connectivity index (χ0v) is 17.3. The molecule has 1 aromatic carbocycles. The molecule has 5 nitrogen and oxygen atoms in total. The van der Waals surface area contributed by atoms with Crippen molar-refractivity contribution >= 4 is 21.4 Å². The summed E-state index contributed by atoms with van der Waals surface area (Å²) in [6, 6.07) is 7.40. The number of nitrogens with zero attached hydrogens (tertiary/aromatic N) is 3. The van der Waals surface area contributed by atoms with Crippen molar-refractivity contribution in [3.63, 3.8) is 0 Å². The van der Waals surface area contributed by atoms with E-state index in [1.807, 2.05) is 19.1 Å². The van der Waals surface area contributed by atoms with Gasteiger partial charge in [-0.3, -0.25) is 4.90 Å². The highest BCUT2D eigenvalue weighted by atomic mass is 32.2. The minimum Gasteiger partial charge on any atom is -0.295 e. The highest BCUT2D eigenvalue weighted by molar-refractivity contribution is 7.89. The molecule has 0 amide bonds. The summed E-state index contributed by atoms with van der Waals surface area (Å²) in [6.07, 6.45) is 1.05. The third-order valence-electron chi connectivity index (χ3n) is 5.08. The highest BCUT2D eigenvalue weighted by Gasteiger charge is 2.28. The number of sulfonamides is 1. The van der Waals surface area contributed by atoms with Crippen LogP contribution in [0.15, 0.2) is 34.5 Å². The van der Waals surface area contributed by atoms with Gasteiger partial charge in [-0.1, -0.05) is 26.0 Å². The SMILES string of the molecule is CCC(C)c1ccc(S(=O)(=O)N2CCN(Cc3csc(C)n3)CC2)cc1. The van der Waals surface area contributed by atoms with E-state index in [2.05, 4.69) is 29.1 Å². The summed E-state index contributed by atoms with van der Waals surface area (Å²) in [5.41, 5.74) is 2.26. The maximum atomic E-state index is 12.9. The van der Waals surface area contributed by atoms with E-state index in [1.54, 1.807) is 27.8 Å². The van der Waals surface area contributed by atoms with Crippen LogP contribution in [0.5, 0.6) is 0 Å². The van der Waals surface area contributed by atoms with E-state index in [-0.39, 0.29) is 0 Å². The van der Waals surface area contributed by atoms with Crippen LogP contribution in [0.25, 0.3) is 0 Å². The summed E-state index contributed by atoms with van der Waals surface area (Å²) < 4.78 is 27.4. The quantitative estimate of drug-likeness (QED) is 0.754. The van der Waals surface area contributed by atoms with Gasteiger partial charge in [0.05, 0.1) is 15.6 Å². The zero-order chi connectivity index (χ0) is 18.7. The third-order valence-corrected chi connectivity index (χ3v) is 7.82. The van der Waals surface area contributed by atoms with Gasteiger partial charge in [0.2, 0.25) is 10.0 Å². The zero-order valence-electron chi connectivity index (χ0n) is 15.7. The molecule has 0 aliphatic carbocycles. The van der Waals surface area contributed by atoms with Crippen molar-refractivity contribution in [3.8, 4) is 0 Å². The van der Waals surface area contributed by atoms with Crippen LogP contribution >= 0.6 is 11.3 Å². The van der Waals surface area contributed by atoms with Gasteiger partial charge in [0, 0.05) is 38.1 Å². The molecule has 2 aromatic rings. The molecule has 1 aliphatic heterocycles. The minimum atomic E-state index is -3.41. The van der Waals surface area contributed by atoms with E-state index in [4.69, 9.17) is 0 Å². The standard InChI is InChI=1S/C19H27N3O2S2/c1-4-15(2)17-5-7-19(8-6-17)26(23,24)22-11-9-21(10-12-22)13-18-14-25-16(3)20-18/h5-8,14-15H,4,9-13H2,1-3H3. The van der Waals surface area contributed by atoms with Crippen molar-refractivity contribution in [2.45, 2.75) is 44.6 Å². The monoisotopic (exact) mass is 393 g/mol. The molecule has 142 valence electrons. The number of rotatable bonds is 6. The Hall–Kier alpha value is -1.28. The molecule has 7 heteroatoms. The van der Waals surface area contributed by atoms with Crippen molar-refractivity contribution in [2.75, 3.05) is 26.2 Å². The van der Waals surface area contributed by atoms with Gasteiger partial charge in [-0.15, -0.1) is 11.3 Å². The Morgan fingerprint density at radius 2 is 1.81 bits per heavy atom. The van der Waals surface area contributed by atoms with Crippen molar-refractivity contribution in [2.24, 2.45) is 0 Å². The molecule has 0 radical (unpaired) electrons. The van der Waals surface area contributed by atoms with Crippen LogP contribution in [0.4, 0.5) is 0 Å². The summed E-state index contributed by atoms with van der Waals surface area (Å²) in [5, 5.41) is 3.15. The summed E-state index contributed by atoms with van der Waals surface area (Å²) in [7, 11) is -3.41. The predicted octanol–water partition coefficient (Wildman–Crippen LogP) is 3.47. The van der Waals surface area contributed by atoms with Gasteiger partial charge in [-0.2, -0.15) is 4.31 Å². The first kappa shape index (κ1) is 19.5. The summed E-state index contributed by atoms with van der Waals surface area (Å²) in [6.45, 7) is 9.62. The van der Waals surface area contributed by atoms with Gasteiger partial charge in [0.25, 0.3) is 0 Å². The third kappa shape index (κ3) is 4.34. The average molecular weight is 394 g/mol. The van der Waals surface area contributed by atoms with E-state index in [9.17, 15) is 8.42 Å². The lowest BCUT2D eigenvalue weighted by atomic mass is 9.99. The van der Waals surface area contributed by atoms with Crippen LogP contribution in [0.3, 0.4) is 0 Å². The van der Waals surface area contributed by atoms with E-state index in [0.29, 0.717) is 23.9 Å². The van der Waals surface area contributed by atoms with Crippen LogP contribution in [0.1, 0.15) is 42.5 Å². The largest absolute Gasteiger partial charge is 0.295 e. The second-order valence-electron chi connectivity index (χ2n) is 6.92. The lowest BCUT2D eigenvalue weighted by molar-refractivity contribution is 0.180. The Morgan fingerprint density at radius 3 is 2.35 bits per heavy atom. The lowest BCUT2D eigenvalue weighted by Gasteiger charge is -2.33. The Kier molecular flexibility index (Phi) is 6.12. The molecule has 1 aliphatic rings. The van der Waals surface area contributed by atoms with Crippen molar-refractivity contribution < 1.29 is 8.42 Å². The van der Waals surface area contributed by atoms with Gasteiger partial charge >= 0.3 is 0 Å². The van der Waals surface area contributed by atoms with Crippen LogP contribution in [0, 0.1) is 6.92 Å². The molecule has 0 bridgehead atoms. The van der Waals surface area contributed by atoms with E-state index < -0.39 is 10.0 Å². The normalized spacial score (nSPS) is 18.1. The van der Waals surface area contributed by atoms with Crippen molar-refractivity contribution in [1.29, 1.82) is 0 Å². The van der Waals surface area contributed by atoms with Crippen LogP contribution in [-0.2, 0) is 16.6 Å². The van der Waals surface area contributed by atoms with Crippen LogP contribution < -0.4 is 0 Å². The first-order chi connectivity index (χ1) is 12.4. The molecule has 1 fully saturated rings. The Bertz CT molecular complexity index is 823. The highest BCUT2D eigenvalue weighted by Crippen LogP contribution is 2.23. The summed E-state index contributed by atoms with van der Waals surface area (Å²) in [5.74, 6) is 0.449. The predicted molar refractivity (Wildman–Crippen MR) is 106 cm³/mol. The molecule has 2 heterocycles. The van der Waals surface area contributed by atoms with E-state index >= 15 is 0 Å². The lowest BCUT2D eigenvalue weighted by Crippen LogP contribution is -2.48. The second kappa shape index (κ2) is 8.17. The van der Waals surface area contributed by atoms with Gasteiger partial charge in [0.1, 0.15) is 0 Å². The van der Waals surface area contributed by atoms with Gasteiger partial charge in [0.15, 0.2) is 0 Å². The molecule has 1 aromatic heterocycles. The molecule has 0 spiro atoms. The number of hydrogen-bond acceptors (Lipinski definition) is 5. The minimum absolute atomic E-state index is 0.396. The topological polar surface area (TPSA) is 53.5 Å². The average Bonchev–Trinajstić information content (AvgIpc) is 3.06. The molecular weight excluding hydrogens is 366 g/mol. The first-order valence-electron chi connectivity index (χ1n) is 9.13. The van der Waals surface area contributed by atoms with Gasteiger partial charge in [-0.25, -0.2) is 13.4 Å². The number of piperazine rings is 1. The maximum Gasteiger partial charge on any atom is 0.243 e. The molecule has 3 rings (SSSR count). The number of benzene rings is 1. The van der Waals surface area contributed by atoms with Crippen LogP contribution in [0.2, 0.25) is 0 Å². The molecule has 1 unspecified atom stereocenters. The number of thiazole rings is 1. The number of aryl methyl sites for hydroxylation is 1. The molecule has 0 saturated carbocycles. The van der Waals surface area contributed by atoms with Gasteiger partial charge < -0.3 is 0 Å². The number of hydrogen-bond donors (Lipinski definition) is 0. The molecular formula is C19H27N3O2S2. The molecule has 26 heavy (non-hydrogen) atoms. The number of aromatic nitrogens is 1. The maximum absolute atomic E-state index is 12.9. The Balaban J connectivity index is 1.62. The summed E-state index contributed by atoms with van der Waals surface area (Å²) >= 11 is 1.66. The van der Waals surface area contributed by atoms with E-state index in [0.717, 1.165) is 36.8 Å². The molecule has 1 saturated heterocycles. The Labute approximate surface area is 160 Å². The van der Waals surface area contributed by atoms with Crippen molar-refractivity contribution in [3.05, 3.63) is 45.9 Å².